The lowest BCUT2D eigenvalue weighted by atomic mass is 10.3. The molecule has 0 unspecified atom stereocenters. The molecule has 0 spiro atoms. The van der Waals surface area contributed by atoms with Crippen LogP contribution in [0.4, 0.5) is 5.69 Å². The second-order valence-corrected chi connectivity index (χ2v) is 6.17. The number of benzene rings is 1. The van der Waals surface area contributed by atoms with Crippen molar-refractivity contribution in [2.75, 3.05) is 17.9 Å². The molecule has 21 heavy (non-hydrogen) atoms. The summed E-state index contributed by atoms with van der Waals surface area (Å²) in [6.45, 7) is 2.54. The Labute approximate surface area is 123 Å². The summed E-state index contributed by atoms with van der Waals surface area (Å²) in [4.78, 5) is 0. The van der Waals surface area contributed by atoms with Gasteiger partial charge in [0.1, 0.15) is 29.6 Å². The van der Waals surface area contributed by atoms with Gasteiger partial charge >= 0.3 is 0 Å². The van der Waals surface area contributed by atoms with Gasteiger partial charge in [0.15, 0.2) is 0 Å². The number of rotatable bonds is 7. The first-order chi connectivity index (χ1) is 9.98. The third-order valence-corrected chi connectivity index (χ3v) is 3.75. The Morgan fingerprint density at radius 2 is 2.05 bits per heavy atom. The number of nitrogens with zero attached hydrogens (tertiary/aromatic N) is 1. The van der Waals surface area contributed by atoms with Gasteiger partial charge in [-0.15, -0.1) is 0 Å². The van der Waals surface area contributed by atoms with Gasteiger partial charge in [-0.2, -0.15) is 0 Å². The zero-order valence-corrected chi connectivity index (χ0v) is 12.4. The largest absolute Gasteiger partial charge is 0.492 e. The van der Waals surface area contributed by atoms with Gasteiger partial charge in [-0.25, -0.2) is 8.42 Å². The number of hydrogen-bond donors (Lipinski definition) is 2. The van der Waals surface area contributed by atoms with Crippen molar-refractivity contribution in [3.63, 3.8) is 0 Å². The summed E-state index contributed by atoms with van der Waals surface area (Å²) in [5.74, 6) is 0.965. The fraction of sp³-hybridized carbons (Fsp3) is 0.308. The minimum Gasteiger partial charge on any atom is -0.492 e. The molecule has 8 heteroatoms. The molecule has 1 aromatic heterocycles. The first kappa shape index (κ1) is 15.3. The topological polar surface area (TPSA) is 107 Å². The highest BCUT2D eigenvalue weighted by Crippen LogP contribution is 2.17. The SMILES string of the molecule is Cc1cc(CS(=O)(=O)Nc2ccc(OCCN)cc2)no1. The molecule has 2 aromatic rings. The third kappa shape index (κ3) is 4.76. The van der Waals surface area contributed by atoms with Crippen molar-refractivity contribution in [2.24, 2.45) is 5.73 Å². The third-order valence-electron chi connectivity index (χ3n) is 2.53. The van der Waals surface area contributed by atoms with E-state index in [0.717, 1.165) is 0 Å². The van der Waals surface area contributed by atoms with E-state index in [0.29, 0.717) is 36.0 Å². The minimum absolute atomic E-state index is 0.240. The maximum Gasteiger partial charge on any atom is 0.238 e. The second kappa shape index (κ2) is 6.59. The van der Waals surface area contributed by atoms with Crippen molar-refractivity contribution in [1.82, 2.24) is 5.16 Å². The number of hydrogen-bond acceptors (Lipinski definition) is 6. The summed E-state index contributed by atoms with van der Waals surface area (Å²) in [5, 5.41) is 3.66. The first-order valence-corrected chi connectivity index (χ1v) is 7.99. The maximum absolute atomic E-state index is 12.0. The quantitative estimate of drug-likeness (QED) is 0.797. The molecule has 0 bridgehead atoms. The normalized spacial score (nSPS) is 11.3. The van der Waals surface area contributed by atoms with E-state index in [9.17, 15) is 8.42 Å². The molecule has 0 fully saturated rings. The van der Waals surface area contributed by atoms with Crippen LogP contribution in [0.2, 0.25) is 0 Å². The number of nitrogens with one attached hydrogen (secondary N) is 1. The Kier molecular flexibility index (Phi) is 4.81. The predicted molar refractivity (Wildman–Crippen MR) is 78.5 cm³/mol. The molecular weight excluding hydrogens is 294 g/mol. The zero-order chi connectivity index (χ0) is 15.3. The molecular formula is C13H17N3O4S. The first-order valence-electron chi connectivity index (χ1n) is 6.34. The van der Waals surface area contributed by atoms with E-state index in [1.54, 1.807) is 37.3 Å². The van der Waals surface area contributed by atoms with E-state index in [1.165, 1.54) is 0 Å². The van der Waals surface area contributed by atoms with Gasteiger partial charge < -0.3 is 15.0 Å². The van der Waals surface area contributed by atoms with E-state index >= 15 is 0 Å². The van der Waals surface area contributed by atoms with E-state index in [2.05, 4.69) is 9.88 Å². The summed E-state index contributed by atoms with van der Waals surface area (Å²) in [7, 11) is -3.54. The van der Waals surface area contributed by atoms with E-state index in [1.807, 2.05) is 0 Å². The van der Waals surface area contributed by atoms with Crippen LogP contribution in [0.25, 0.3) is 0 Å². The average Bonchev–Trinajstić information content (AvgIpc) is 2.82. The molecule has 0 aliphatic rings. The van der Waals surface area contributed by atoms with Crippen LogP contribution < -0.4 is 15.2 Å². The fourth-order valence-corrected chi connectivity index (χ4v) is 2.79. The van der Waals surface area contributed by atoms with Crippen molar-refractivity contribution >= 4 is 15.7 Å². The maximum atomic E-state index is 12.0. The average molecular weight is 311 g/mol. The number of ether oxygens (including phenoxy) is 1. The summed E-state index contributed by atoms with van der Waals surface area (Å²) >= 11 is 0. The minimum atomic E-state index is -3.54. The highest BCUT2D eigenvalue weighted by molar-refractivity contribution is 7.91. The molecule has 7 nitrogen and oxygen atoms in total. The monoisotopic (exact) mass is 311 g/mol. The Morgan fingerprint density at radius 3 is 2.62 bits per heavy atom. The molecule has 114 valence electrons. The lowest BCUT2D eigenvalue weighted by molar-refractivity contribution is 0.328. The van der Waals surface area contributed by atoms with Gasteiger partial charge in [0.25, 0.3) is 0 Å². The highest BCUT2D eigenvalue weighted by Gasteiger charge is 2.14. The van der Waals surface area contributed by atoms with Crippen LogP contribution >= 0.6 is 0 Å². The standard InChI is InChI=1S/C13H17N3O4S/c1-10-8-12(15-20-10)9-21(17,18)16-11-2-4-13(5-3-11)19-7-6-14/h2-5,8,16H,6-7,9,14H2,1H3. The van der Waals surface area contributed by atoms with Crippen LogP contribution in [0.1, 0.15) is 11.5 Å². The second-order valence-electron chi connectivity index (χ2n) is 4.45. The number of anilines is 1. The molecule has 0 radical (unpaired) electrons. The zero-order valence-electron chi connectivity index (χ0n) is 11.6. The molecule has 0 amide bonds. The number of nitrogens with two attached hydrogens (primary N) is 1. The summed E-state index contributed by atoms with van der Waals surface area (Å²) in [5.41, 5.74) is 6.15. The summed E-state index contributed by atoms with van der Waals surface area (Å²) in [6, 6.07) is 8.18. The smallest absolute Gasteiger partial charge is 0.238 e. The van der Waals surface area contributed by atoms with Gasteiger partial charge in [-0.3, -0.25) is 4.72 Å². The van der Waals surface area contributed by atoms with Crippen LogP contribution in [0, 0.1) is 6.92 Å². The Morgan fingerprint density at radius 1 is 1.33 bits per heavy atom. The van der Waals surface area contributed by atoms with Crippen molar-refractivity contribution in [3.05, 3.63) is 41.8 Å². The Hall–Kier alpha value is -2.06. The Bertz CT molecular complexity index is 680. The lowest BCUT2D eigenvalue weighted by Crippen LogP contribution is -2.15. The van der Waals surface area contributed by atoms with Crippen molar-refractivity contribution in [2.45, 2.75) is 12.7 Å². The number of sulfonamides is 1. The molecule has 3 N–H and O–H groups in total. The molecule has 1 aromatic carbocycles. The Balaban J connectivity index is 1.99. The van der Waals surface area contributed by atoms with Crippen LogP contribution in [0.3, 0.4) is 0 Å². The van der Waals surface area contributed by atoms with Gasteiger partial charge in [-0.1, -0.05) is 5.16 Å². The predicted octanol–water partition coefficient (Wildman–Crippen LogP) is 1.26. The van der Waals surface area contributed by atoms with E-state index < -0.39 is 10.0 Å². The van der Waals surface area contributed by atoms with Gasteiger partial charge in [-0.05, 0) is 31.2 Å². The van der Waals surface area contributed by atoms with Crippen molar-refractivity contribution < 1.29 is 17.7 Å². The van der Waals surface area contributed by atoms with Crippen LogP contribution in [-0.2, 0) is 15.8 Å². The van der Waals surface area contributed by atoms with Gasteiger partial charge in [0.05, 0.1) is 0 Å². The summed E-state index contributed by atoms with van der Waals surface area (Å²) < 4.78 is 36.6. The molecule has 0 aliphatic heterocycles. The van der Waals surface area contributed by atoms with Crippen LogP contribution in [0.5, 0.6) is 5.75 Å². The highest BCUT2D eigenvalue weighted by atomic mass is 32.2. The van der Waals surface area contributed by atoms with Crippen LogP contribution in [-0.4, -0.2) is 26.7 Å². The molecule has 1 heterocycles. The van der Waals surface area contributed by atoms with Gasteiger partial charge in [0, 0.05) is 18.3 Å². The van der Waals surface area contributed by atoms with Crippen molar-refractivity contribution in [3.8, 4) is 5.75 Å². The lowest BCUT2D eigenvalue weighted by Gasteiger charge is -2.08. The van der Waals surface area contributed by atoms with Crippen molar-refractivity contribution in [1.29, 1.82) is 0 Å². The molecule has 0 saturated heterocycles. The van der Waals surface area contributed by atoms with Crippen LogP contribution in [0.15, 0.2) is 34.9 Å². The van der Waals surface area contributed by atoms with Gasteiger partial charge in [0.2, 0.25) is 10.0 Å². The van der Waals surface area contributed by atoms with E-state index in [-0.39, 0.29) is 5.75 Å². The van der Waals surface area contributed by atoms with E-state index in [4.69, 9.17) is 15.0 Å². The number of aromatic nitrogens is 1. The summed E-state index contributed by atoms with van der Waals surface area (Å²) in [6.07, 6.45) is 0. The fourth-order valence-electron chi connectivity index (χ4n) is 1.69. The molecule has 0 aliphatic carbocycles. The number of aryl methyl sites for hydroxylation is 1. The molecule has 0 saturated carbocycles. The molecule has 0 atom stereocenters. The molecule has 2 rings (SSSR count).